The van der Waals surface area contributed by atoms with Gasteiger partial charge in [-0.3, -0.25) is 0 Å². The quantitative estimate of drug-likeness (QED) is 0.779. The van der Waals surface area contributed by atoms with Crippen molar-refractivity contribution >= 4 is 5.97 Å². The van der Waals surface area contributed by atoms with E-state index in [9.17, 15) is 4.79 Å². The predicted molar refractivity (Wildman–Crippen MR) is 75.4 cm³/mol. The number of carboxylic acid groups (broad SMARTS) is 1. The molecular weight excluding hydrogens is 258 g/mol. The van der Waals surface area contributed by atoms with E-state index in [1.165, 1.54) is 0 Å². The van der Waals surface area contributed by atoms with Crippen LogP contribution in [0.15, 0.2) is 24.3 Å². The molecular formula is C15H21NO4. The Bertz CT molecular complexity index is 455. The first-order valence-corrected chi connectivity index (χ1v) is 6.89. The van der Waals surface area contributed by atoms with Gasteiger partial charge in [-0.05, 0) is 31.9 Å². The lowest BCUT2D eigenvalue weighted by atomic mass is 9.93. The molecule has 1 aliphatic heterocycles. The van der Waals surface area contributed by atoms with E-state index in [1.807, 2.05) is 0 Å². The zero-order valence-corrected chi connectivity index (χ0v) is 11.7. The molecule has 1 heterocycles. The van der Waals surface area contributed by atoms with E-state index in [0.29, 0.717) is 18.9 Å². The Kier molecular flexibility index (Phi) is 4.98. The average molecular weight is 279 g/mol. The van der Waals surface area contributed by atoms with Crippen molar-refractivity contribution in [2.75, 3.05) is 26.4 Å². The van der Waals surface area contributed by atoms with E-state index in [1.54, 1.807) is 24.3 Å². The maximum Gasteiger partial charge on any atom is 0.339 e. The number of para-hydroxylation sites is 1. The molecule has 1 fully saturated rings. The molecule has 0 amide bonds. The van der Waals surface area contributed by atoms with Crippen LogP contribution < -0.4 is 10.1 Å². The van der Waals surface area contributed by atoms with Crippen molar-refractivity contribution in [3.05, 3.63) is 29.8 Å². The van der Waals surface area contributed by atoms with Gasteiger partial charge < -0.3 is 19.9 Å². The third-order valence-corrected chi connectivity index (χ3v) is 3.63. The summed E-state index contributed by atoms with van der Waals surface area (Å²) in [4.78, 5) is 11.0. The average Bonchev–Trinajstić information content (AvgIpc) is 2.45. The molecule has 0 radical (unpaired) electrons. The van der Waals surface area contributed by atoms with Gasteiger partial charge in [-0.2, -0.15) is 0 Å². The first-order chi connectivity index (χ1) is 9.61. The fourth-order valence-corrected chi connectivity index (χ4v) is 2.28. The summed E-state index contributed by atoms with van der Waals surface area (Å²) in [7, 11) is 0. The minimum absolute atomic E-state index is 0.0912. The zero-order chi connectivity index (χ0) is 14.4. The summed E-state index contributed by atoms with van der Waals surface area (Å²) >= 11 is 0. The van der Waals surface area contributed by atoms with Crippen LogP contribution in [-0.4, -0.2) is 43.0 Å². The Morgan fingerprint density at radius 3 is 2.80 bits per heavy atom. The highest BCUT2D eigenvalue weighted by Crippen LogP contribution is 2.20. The van der Waals surface area contributed by atoms with Crippen molar-refractivity contribution in [1.82, 2.24) is 5.32 Å². The second-order valence-corrected chi connectivity index (χ2v) is 5.25. The highest BCUT2D eigenvalue weighted by molar-refractivity contribution is 5.90. The molecule has 0 aliphatic carbocycles. The lowest BCUT2D eigenvalue weighted by Crippen LogP contribution is -2.48. The topological polar surface area (TPSA) is 67.8 Å². The van der Waals surface area contributed by atoms with Crippen LogP contribution in [-0.2, 0) is 4.74 Å². The van der Waals surface area contributed by atoms with E-state index in [-0.39, 0.29) is 11.1 Å². The van der Waals surface area contributed by atoms with Crippen molar-refractivity contribution in [3.8, 4) is 5.75 Å². The van der Waals surface area contributed by atoms with Gasteiger partial charge in [0.2, 0.25) is 0 Å². The molecule has 0 unspecified atom stereocenters. The number of hydrogen-bond acceptors (Lipinski definition) is 4. The largest absolute Gasteiger partial charge is 0.491 e. The molecule has 5 heteroatoms. The smallest absolute Gasteiger partial charge is 0.339 e. The molecule has 0 spiro atoms. The molecule has 2 N–H and O–H groups in total. The van der Waals surface area contributed by atoms with E-state index in [0.717, 1.165) is 26.1 Å². The molecule has 0 bridgehead atoms. The van der Waals surface area contributed by atoms with Gasteiger partial charge in [0.05, 0.1) is 0 Å². The van der Waals surface area contributed by atoms with Gasteiger partial charge in [0.25, 0.3) is 0 Å². The van der Waals surface area contributed by atoms with E-state index < -0.39 is 5.97 Å². The SMILES string of the molecule is CC1(NCCOc2ccccc2C(=O)O)CCOCC1. The molecule has 1 aliphatic rings. The van der Waals surface area contributed by atoms with Gasteiger partial charge in [-0.25, -0.2) is 4.79 Å². The van der Waals surface area contributed by atoms with Crippen LogP contribution in [0.4, 0.5) is 0 Å². The van der Waals surface area contributed by atoms with Gasteiger partial charge >= 0.3 is 5.97 Å². The number of carbonyl (C=O) groups is 1. The highest BCUT2D eigenvalue weighted by Gasteiger charge is 2.26. The molecule has 0 aromatic heterocycles. The third-order valence-electron chi connectivity index (χ3n) is 3.63. The van der Waals surface area contributed by atoms with Gasteiger partial charge in [-0.15, -0.1) is 0 Å². The third kappa shape index (κ3) is 3.95. The lowest BCUT2D eigenvalue weighted by molar-refractivity contribution is 0.0439. The van der Waals surface area contributed by atoms with E-state index in [2.05, 4.69) is 12.2 Å². The van der Waals surface area contributed by atoms with Crippen LogP contribution in [0.5, 0.6) is 5.75 Å². The van der Waals surface area contributed by atoms with Gasteiger partial charge in [0.1, 0.15) is 17.9 Å². The summed E-state index contributed by atoms with van der Waals surface area (Å²) < 4.78 is 10.9. The lowest BCUT2D eigenvalue weighted by Gasteiger charge is -2.34. The van der Waals surface area contributed by atoms with Crippen molar-refractivity contribution in [2.45, 2.75) is 25.3 Å². The van der Waals surface area contributed by atoms with Crippen molar-refractivity contribution < 1.29 is 19.4 Å². The molecule has 110 valence electrons. The van der Waals surface area contributed by atoms with E-state index >= 15 is 0 Å². The Morgan fingerprint density at radius 2 is 2.10 bits per heavy atom. The second kappa shape index (κ2) is 6.72. The van der Waals surface area contributed by atoms with Crippen LogP contribution >= 0.6 is 0 Å². The standard InChI is InChI=1S/C15H21NO4/c1-15(6-9-19-10-7-15)16-8-11-20-13-5-3-2-4-12(13)14(17)18/h2-5,16H,6-11H2,1H3,(H,17,18). The predicted octanol–water partition coefficient (Wildman–Crippen LogP) is 1.92. The molecule has 2 rings (SSSR count). The second-order valence-electron chi connectivity index (χ2n) is 5.25. The van der Waals surface area contributed by atoms with Gasteiger partial charge in [0.15, 0.2) is 0 Å². The number of rotatable bonds is 6. The summed E-state index contributed by atoms with van der Waals surface area (Å²) in [6, 6.07) is 6.69. The first kappa shape index (κ1) is 14.8. The van der Waals surface area contributed by atoms with Gasteiger partial charge in [-0.1, -0.05) is 12.1 Å². The molecule has 1 aromatic rings. The monoisotopic (exact) mass is 279 g/mol. The molecule has 20 heavy (non-hydrogen) atoms. The number of hydrogen-bond donors (Lipinski definition) is 2. The highest BCUT2D eigenvalue weighted by atomic mass is 16.5. The van der Waals surface area contributed by atoms with Crippen LogP contribution in [0, 0.1) is 0 Å². The van der Waals surface area contributed by atoms with E-state index in [4.69, 9.17) is 14.6 Å². The van der Waals surface area contributed by atoms with Gasteiger partial charge in [0, 0.05) is 25.3 Å². The molecule has 5 nitrogen and oxygen atoms in total. The Hall–Kier alpha value is -1.59. The number of benzene rings is 1. The maximum atomic E-state index is 11.0. The summed E-state index contributed by atoms with van der Waals surface area (Å²) in [5.41, 5.74) is 0.290. The minimum Gasteiger partial charge on any atom is -0.491 e. The van der Waals surface area contributed by atoms with Crippen LogP contribution in [0.3, 0.4) is 0 Å². The molecule has 1 aromatic carbocycles. The summed E-state index contributed by atoms with van der Waals surface area (Å²) in [6.45, 7) is 4.88. The zero-order valence-electron chi connectivity index (χ0n) is 11.7. The Morgan fingerprint density at radius 1 is 1.40 bits per heavy atom. The molecule has 0 atom stereocenters. The Labute approximate surface area is 118 Å². The summed E-state index contributed by atoms with van der Waals surface area (Å²) in [6.07, 6.45) is 1.97. The number of ether oxygens (including phenoxy) is 2. The number of nitrogens with one attached hydrogen (secondary N) is 1. The minimum atomic E-state index is -0.968. The van der Waals surface area contributed by atoms with Crippen LogP contribution in [0.25, 0.3) is 0 Å². The Balaban J connectivity index is 1.80. The summed E-state index contributed by atoms with van der Waals surface area (Å²) in [5.74, 6) is -0.552. The number of aromatic carboxylic acids is 1. The number of carboxylic acids is 1. The van der Waals surface area contributed by atoms with Crippen molar-refractivity contribution in [2.24, 2.45) is 0 Å². The normalized spacial score (nSPS) is 17.6. The van der Waals surface area contributed by atoms with Crippen molar-refractivity contribution in [3.63, 3.8) is 0 Å². The molecule has 0 saturated carbocycles. The van der Waals surface area contributed by atoms with Crippen molar-refractivity contribution in [1.29, 1.82) is 0 Å². The maximum absolute atomic E-state index is 11.0. The fraction of sp³-hybridized carbons (Fsp3) is 0.533. The summed E-state index contributed by atoms with van der Waals surface area (Å²) in [5, 5.41) is 12.5. The van der Waals surface area contributed by atoms with Crippen LogP contribution in [0.1, 0.15) is 30.1 Å². The first-order valence-electron chi connectivity index (χ1n) is 6.89. The van der Waals surface area contributed by atoms with Crippen LogP contribution in [0.2, 0.25) is 0 Å². The molecule has 1 saturated heterocycles. The fourth-order valence-electron chi connectivity index (χ4n) is 2.28.